The summed E-state index contributed by atoms with van der Waals surface area (Å²) in [6, 6.07) is 1.68. The maximum absolute atomic E-state index is 13.3. The molecule has 1 aliphatic heterocycles. The number of anilines is 1. The van der Waals surface area contributed by atoms with Crippen LogP contribution in [0.3, 0.4) is 0 Å². The standard InChI is InChI=1S/C14H18F2N2O2/c1-8-6-18(7-14(2,3)20-8)13(19)9-4-10(15)11(16)5-12(9)17/h4-5,8H,6-7,17H2,1-3H3. The van der Waals surface area contributed by atoms with Crippen LogP contribution in [0.2, 0.25) is 0 Å². The third-order valence-electron chi connectivity index (χ3n) is 3.18. The highest BCUT2D eigenvalue weighted by Gasteiger charge is 2.34. The Hall–Kier alpha value is -1.69. The lowest BCUT2D eigenvalue weighted by atomic mass is 10.0. The van der Waals surface area contributed by atoms with Crippen molar-refractivity contribution >= 4 is 11.6 Å². The summed E-state index contributed by atoms with van der Waals surface area (Å²) in [4.78, 5) is 14.0. The molecule has 0 radical (unpaired) electrons. The molecule has 6 heteroatoms. The Balaban J connectivity index is 2.29. The first-order chi connectivity index (χ1) is 9.19. The molecule has 1 fully saturated rings. The predicted octanol–water partition coefficient (Wildman–Crippen LogP) is 2.19. The Labute approximate surface area is 116 Å². The van der Waals surface area contributed by atoms with Gasteiger partial charge >= 0.3 is 0 Å². The molecule has 1 aliphatic rings. The molecule has 1 atom stereocenters. The monoisotopic (exact) mass is 284 g/mol. The fourth-order valence-electron chi connectivity index (χ4n) is 2.53. The third kappa shape index (κ3) is 2.90. The Kier molecular flexibility index (Phi) is 3.69. The maximum Gasteiger partial charge on any atom is 0.256 e. The van der Waals surface area contributed by atoms with Gasteiger partial charge in [-0.1, -0.05) is 0 Å². The van der Waals surface area contributed by atoms with Crippen LogP contribution in [-0.2, 0) is 4.74 Å². The minimum atomic E-state index is -1.08. The van der Waals surface area contributed by atoms with E-state index in [2.05, 4.69) is 0 Å². The molecule has 0 aliphatic carbocycles. The van der Waals surface area contributed by atoms with Crippen LogP contribution < -0.4 is 5.73 Å². The van der Waals surface area contributed by atoms with Gasteiger partial charge in [-0.15, -0.1) is 0 Å². The third-order valence-corrected chi connectivity index (χ3v) is 3.18. The first kappa shape index (κ1) is 14.7. The van der Waals surface area contributed by atoms with E-state index in [0.717, 1.165) is 12.1 Å². The number of nitrogens with two attached hydrogens (primary N) is 1. The Morgan fingerprint density at radius 1 is 1.40 bits per heavy atom. The number of hydrogen-bond donors (Lipinski definition) is 1. The van der Waals surface area contributed by atoms with E-state index in [9.17, 15) is 13.6 Å². The summed E-state index contributed by atoms with van der Waals surface area (Å²) in [6.45, 7) is 6.36. The van der Waals surface area contributed by atoms with Crippen LogP contribution in [0.5, 0.6) is 0 Å². The number of halogens is 2. The van der Waals surface area contributed by atoms with Crippen LogP contribution in [0, 0.1) is 11.6 Å². The van der Waals surface area contributed by atoms with Crippen LogP contribution in [0.15, 0.2) is 12.1 Å². The van der Waals surface area contributed by atoms with Gasteiger partial charge in [0.15, 0.2) is 11.6 Å². The molecule has 4 nitrogen and oxygen atoms in total. The summed E-state index contributed by atoms with van der Waals surface area (Å²) in [5, 5.41) is 0. The molecular formula is C14H18F2N2O2. The number of nitrogen functional groups attached to an aromatic ring is 1. The molecular weight excluding hydrogens is 266 g/mol. The maximum atomic E-state index is 13.3. The second kappa shape index (κ2) is 5.01. The van der Waals surface area contributed by atoms with Crippen molar-refractivity contribution in [3.63, 3.8) is 0 Å². The first-order valence-corrected chi connectivity index (χ1v) is 6.41. The van der Waals surface area contributed by atoms with E-state index in [4.69, 9.17) is 10.5 Å². The lowest BCUT2D eigenvalue weighted by Crippen LogP contribution is -2.53. The van der Waals surface area contributed by atoms with Crippen LogP contribution in [0.1, 0.15) is 31.1 Å². The number of carbonyl (C=O) groups excluding carboxylic acids is 1. The lowest BCUT2D eigenvalue weighted by molar-refractivity contribution is -0.118. The normalized spacial score (nSPS) is 21.9. The van der Waals surface area contributed by atoms with Gasteiger partial charge in [-0.2, -0.15) is 0 Å². The molecule has 0 bridgehead atoms. The summed E-state index contributed by atoms with van der Waals surface area (Å²) >= 11 is 0. The van der Waals surface area contributed by atoms with Crippen molar-refractivity contribution in [2.24, 2.45) is 0 Å². The molecule has 1 saturated heterocycles. The molecule has 110 valence electrons. The summed E-state index contributed by atoms with van der Waals surface area (Å²) in [6.07, 6.45) is -0.130. The zero-order chi connectivity index (χ0) is 15.1. The fraction of sp³-hybridized carbons (Fsp3) is 0.500. The molecule has 2 rings (SSSR count). The van der Waals surface area contributed by atoms with Crippen LogP contribution >= 0.6 is 0 Å². The van der Waals surface area contributed by atoms with Crippen molar-refractivity contribution < 1.29 is 18.3 Å². The predicted molar refractivity (Wildman–Crippen MR) is 71.3 cm³/mol. The Morgan fingerprint density at radius 2 is 2.00 bits per heavy atom. The number of benzene rings is 1. The van der Waals surface area contributed by atoms with Crippen molar-refractivity contribution in [3.8, 4) is 0 Å². The van der Waals surface area contributed by atoms with Crippen molar-refractivity contribution in [3.05, 3.63) is 29.3 Å². The van der Waals surface area contributed by atoms with Gasteiger partial charge in [-0.05, 0) is 26.8 Å². The minimum Gasteiger partial charge on any atom is -0.398 e. The molecule has 1 unspecified atom stereocenters. The second-order valence-corrected chi connectivity index (χ2v) is 5.73. The van der Waals surface area contributed by atoms with Crippen LogP contribution in [0.25, 0.3) is 0 Å². The van der Waals surface area contributed by atoms with Gasteiger partial charge in [0, 0.05) is 24.8 Å². The van der Waals surface area contributed by atoms with Crippen molar-refractivity contribution in [2.75, 3.05) is 18.8 Å². The number of ether oxygens (including phenoxy) is 1. The van der Waals surface area contributed by atoms with Gasteiger partial charge in [-0.25, -0.2) is 8.78 Å². The van der Waals surface area contributed by atoms with E-state index in [0.29, 0.717) is 13.1 Å². The number of morpholine rings is 1. The Morgan fingerprint density at radius 3 is 2.60 bits per heavy atom. The molecule has 1 heterocycles. The van der Waals surface area contributed by atoms with E-state index in [1.165, 1.54) is 0 Å². The molecule has 0 saturated carbocycles. The quantitative estimate of drug-likeness (QED) is 0.804. The smallest absolute Gasteiger partial charge is 0.256 e. The van der Waals surface area contributed by atoms with Crippen molar-refractivity contribution in [2.45, 2.75) is 32.5 Å². The first-order valence-electron chi connectivity index (χ1n) is 6.41. The van der Waals surface area contributed by atoms with E-state index in [1.807, 2.05) is 20.8 Å². The highest BCUT2D eigenvalue weighted by atomic mass is 19.2. The largest absolute Gasteiger partial charge is 0.398 e. The summed E-state index contributed by atoms with van der Waals surface area (Å²) < 4.78 is 32.0. The highest BCUT2D eigenvalue weighted by Crippen LogP contribution is 2.25. The van der Waals surface area contributed by atoms with E-state index >= 15 is 0 Å². The van der Waals surface area contributed by atoms with Gasteiger partial charge in [0.25, 0.3) is 5.91 Å². The van der Waals surface area contributed by atoms with E-state index < -0.39 is 23.1 Å². The van der Waals surface area contributed by atoms with Gasteiger partial charge < -0.3 is 15.4 Å². The number of hydrogen-bond acceptors (Lipinski definition) is 3. The van der Waals surface area contributed by atoms with Crippen molar-refractivity contribution in [1.82, 2.24) is 4.90 Å². The van der Waals surface area contributed by atoms with E-state index in [1.54, 1.807) is 4.90 Å². The molecule has 1 aromatic rings. The van der Waals surface area contributed by atoms with Crippen molar-refractivity contribution in [1.29, 1.82) is 0 Å². The number of amides is 1. The van der Waals surface area contributed by atoms with E-state index in [-0.39, 0.29) is 17.4 Å². The molecule has 1 aromatic carbocycles. The fourth-order valence-corrected chi connectivity index (χ4v) is 2.53. The van der Waals surface area contributed by atoms with Gasteiger partial charge in [0.05, 0.1) is 17.3 Å². The summed E-state index contributed by atoms with van der Waals surface area (Å²) in [5.74, 6) is -2.55. The zero-order valence-electron chi connectivity index (χ0n) is 11.7. The van der Waals surface area contributed by atoms with Gasteiger partial charge in [-0.3, -0.25) is 4.79 Å². The SMILES string of the molecule is CC1CN(C(=O)c2cc(F)c(F)cc2N)CC(C)(C)O1. The zero-order valence-corrected chi connectivity index (χ0v) is 11.7. The molecule has 1 amide bonds. The Bertz CT molecular complexity index is 546. The topological polar surface area (TPSA) is 55.6 Å². The highest BCUT2D eigenvalue weighted by molar-refractivity contribution is 5.99. The number of rotatable bonds is 1. The average Bonchev–Trinajstić information content (AvgIpc) is 2.30. The summed E-state index contributed by atoms with van der Waals surface area (Å²) in [7, 11) is 0. The summed E-state index contributed by atoms with van der Waals surface area (Å²) in [5.41, 5.74) is 5.05. The molecule has 0 aromatic heterocycles. The molecule has 2 N–H and O–H groups in total. The van der Waals surface area contributed by atoms with Crippen LogP contribution in [0.4, 0.5) is 14.5 Å². The average molecular weight is 284 g/mol. The minimum absolute atomic E-state index is 0.0196. The molecule has 0 spiro atoms. The number of nitrogens with zero attached hydrogens (tertiary/aromatic N) is 1. The number of carbonyl (C=O) groups is 1. The van der Waals surface area contributed by atoms with Crippen LogP contribution in [-0.4, -0.2) is 35.6 Å². The van der Waals surface area contributed by atoms with Gasteiger partial charge in [0.1, 0.15) is 0 Å². The lowest BCUT2D eigenvalue weighted by Gasteiger charge is -2.41. The van der Waals surface area contributed by atoms with Gasteiger partial charge in [0.2, 0.25) is 0 Å². The second-order valence-electron chi connectivity index (χ2n) is 5.73. The molecule has 20 heavy (non-hydrogen) atoms.